The van der Waals surface area contributed by atoms with Crippen molar-refractivity contribution >= 4 is 34.8 Å². The number of nitrogens with one attached hydrogen (secondary N) is 1. The van der Waals surface area contributed by atoms with Crippen molar-refractivity contribution in [2.24, 2.45) is 0 Å². The van der Waals surface area contributed by atoms with Crippen LogP contribution < -0.4 is 19.7 Å². The maximum absolute atomic E-state index is 12.5. The standard InChI is InChI=1S/C19H21ClN2O4/c1-12-6-5-7-14(8-12)22(13(2)23)11-19(24)21-16-10-17(25-3)15(20)9-18(16)26-4/h5-10H,11H2,1-4H3,(H,21,24). The lowest BCUT2D eigenvalue weighted by Crippen LogP contribution is -2.36. The minimum atomic E-state index is -0.371. The average Bonchev–Trinajstić information content (AvgIpc) is 2.60. The lowest BCUT2D eigenvalue weighted by atomic mass is 10.2. The van der Waals surface area contributed by atoms with E-state index in [1.54, 1.807) is 18.2 Å². The predicted octanol–water partition coefficient (Wildman–Crippen LogP) is 3.66. The Kier molecular flexibility index (Phi) is 6.46. The number of hydrogen-bond donors (Lipinski definition) is 1. The zero-order chi connectivity index (χ0) is 19.3. The van der Waals surface area contributed by atoms with Gasteiger partial charge in [0.05, 0.1) is 24.9 Å². The van der Waals surface area contributed by atoms with Crippen molar-refractivity contribution in [3.63, 3.8) is 0 Å². The third-order valence-corrected chi connectivity index (χ3v) is 4.04. The Morgan fingerprint density at radius 2 is 1.81 bits per heavy atom. The Labute approximate surface area is 157 Å². The zero-order valence-electron chi connectivity index (χ0n) is 15.1. The molecule has 0 radical (unpaired) electrons. The first kappa shape index (κ1) is 19.6. The number of carbonyl (C=O) groups excluding carboxylic acids is 2. The normalized spacial score (nSPS) is 10.2. The number of rotatable bonds is 6. The number of ether oxygens (including phenoxy) is 2. The van der Waals surface area contributed by atoms with Crippen molar-refractivity contribution in [3.05, 3.63) is 47.0 Å². The molecule has 0 unspecified atom stereocenters. The maximum atomic E-state index is 12.5. The summed E-state index contributed by atoms with van der Waals surface area (Å²) in [5.74, 6) is 0.203. The second kappa shape index (κ2) is 8.58. The molecule has 26 heavy (non-hydrogen) atoms. The molecular weight excluding hydrogens is 356 g/mol. The van der Waals surface area contributed by atoms with Gasteiger partial charge in [-0.25, -0.2) is 0 Å². The van der Waals surface area contributed by atoms with Gasteiger partial charge in [-0.05, 0) is 24.6 Å². The van der Waals surface area contributed by atoms with Crippen LogP contribution in [0, 0.1) is 6.92 Å². The molecule has 7 heteroatoms. The fraction of sp³-hybridized carbons (Fsp3) is 0.263. The van der Waals surface area contributed by atoms with Crippen LogP contribution in [0.3, 0.4) is 0 Å². The van der Waals surface area contributed by atoms with Crippen LogP contribution >= 0.6 is 11.6 Å². The van der Waals surface area contributed by atoms with Crippen LogP contribution in [0.5, 0.6) is 11.5 Å². The summed E-state index contributed by atoms with van der Waals surface area (Å²) in [5, 5.41) is 3.10. The summed E-state index contributed by atoms with van der Waals surface area (Å²) in [7, 11) is 2.96. The van der Waals surface area contributed by atoms with Gasteiger partial charge in [0, 0.05) is 24.7 Å². The minimum Gasteiger partial charge on any atom is -0.495 e. The molecule has 2 rings (SSSR count). The first-order valence-corrected chi connectivity index (χ1v) is 8.29. The van der Waals surface area contributed by atoms with Crippen molar-refractivity contribution in [2.75, 3.05) is 31.0 Å². The summed E-state index contributed by atoms with van der Waals surface area (Å²) in [6.07, 6.45) is 0. The summed E-state index contributed by atoms with van der Waals surface area (Å²) < 4.78 is 10.4. The molecule has 0 aliphatic rings. The van der Waals surface area contributed by atoms with Crippen LogP contribution in [0.4, 0.5) is 11.4 Å². The highest BCUT2D eigenvalue weighted by Crippen LogP contribution is 2.35. The van der Waals surface area contributed by atoms with Gasteiger partial charge in [0.1, 0.15) is 18.0 Å². The number of amides is 2. The number of hydrogen-bond acceptors (Lipinski definition) is 4. The predicted molar refractivity (Wildman–Crippen MR) is 102 cm³/mol. The van der Waals surface area contributed by atoms with E-state index < -0.39 is 0 Å². The van der Waals surface area contributed by atoms with Gasteiger partial charge >= 0.3 is 0 Å². The van der Waals surface area contributed by atoms with E-state index in [2.05, 4.69) is 5.32 Å². The average molecular weight is 377 g/mol. The van der Waals surface area contributed by atoms with E-state index in [1.807, 2.05) is 25.1 Å². The van der Waals surface area contributed by atoms with Gasteiger partial charge in [0.15, 0.2) is 0 Å². The van der Waals surface area contributed by atoms with Gasteiger partial charge in [0.25, 0.3) is 0 Å². The van der Waals surface area contributed by atoms with Gasteiger partial charge < -0.3 is 19.7 Å². The van der Waals surface area contributed by atoms with E-state index in [0.29, 0.717) is 27.9 Å². The second-order valence-corrected chi connectivity index (χ2v) is 6.09. The highest BCUT2D eigenvalue weighted by atomic mass is 35.5. The van der Waals surface area contributed by atoms with E-state index in [4.69, 9.17) is 21.1 Å². The Hall–Kier alpha value is -2.73. The van der Waals surface area contributed by atoms with Crippen LogP contribution in [0.15, 0.2) is 36.4 Å². The summed E-state index contributed by atoms with van der Waals surface area (Å²) in [5.41, 5.74) is 2.07. The lowest BCUT2D eigenvalue weighted by Gasteiger charge is -2.21. The molecule has 0 fully saturated rings. The third kappa shape index (κ3) is 4.67. The Balaban J connectivity index is 2.22. The SMILES string of the molecule is COc1cc(NC(=O)CN(C(C)=O)c2cccc(C)c2)c(OC)cc1Cl. The van der Waals surface area contributed by atoms with Crippen LogP contribution in [0.1, 0.15) is 12.5 Å². The fourth-order valence-corrected chi connectivity index (χ4v) is 2.70. The molecular formula is C19H21ClN2O4. The molecule has 0 heterocycles. The Morgan fingerprint density at radius 3 is 2.38 bits per heavy atom. The summed E-state index contributed by atoms with van der Waals surface area (Å²) >= 11 is 6.07. The highest BCUT2D eigenvalue weighted by molar-refractivity contribution is 6.32. The molecule has 2 amide bonds. The summed E-state index contributed by atoms with van der Waals surface area (Å²) in [4.78, 5) is 25.9. The molecule has 0 saturated heterocycles. The number of aryl methyl sites for hydroxylation is 1. The number of methoxy groups -OCH3 is 2. The Bertz CT molecular complexity index is 823. The fourth-order valence-electron chi connectivity index (χ4n) is 2.47. The molecule has 0 aliphatic carbocycles. The smallest absolute Gasteiger partial charge is 0.244 e. The van der Waals surface area contributed by atoms with E-state index in [9.17, 15) is 9.59 Å². The van der Waals surface area contributed by atoms with Gasteiger partial charge in [0.2, 0.25) is 11.8 Å². The van der Waals surface area contributed by atoms with Gasteiger partial charge in [-0.1, -0.05) is 23.7 Å². The van der Waals surface area contributed by atoms with Crippen molar-refractivity contribution in [3.8, 4) is 11.5 Å². The summed E-state index contributed by atoms with van der Waals surface area (Å²) in [6, 6.07) is 10.5. The second-order valence-electron chi connectivity index (χ2n) is 5.68. The van der Waals surface area contributed by atoms with Crippen LogP contribution in [-0.2, 0) is 9.59 Å². The number of carbonyl (C=O) groups is 2. The van der Waals surface area contributed by atoms with Gasteiger partial charge in [-0.2, -0.15) is 0 Å². The number of anilines is 2. The molecule has 2 aromatic rings. The van der Waals surface area contributed by atoms with Crippen molar-refractivity contribution in [1.29, 1.82) is 0 Å². The van der Waals surface area contributed by atoms with Gasteiger partial charge in [-0.3, -0.25) is 9.59 Å². The minimum absolute atomic E-state index is 0.132. The first-order chi connectivity index (χ1) is 12.3. The van der Waals surface area contributed by atoms with Crippen molar-refractivity contribution < 1.29 is 19.1 Å². The highest BCUT2D eigenvalue weighted by Gasteiger charge is 2.18. The number of benzene rings is 2. The quantitative estimate of drug-likeness (QED) is 0.835. The number of nitrogens with zero attached hydrogens (tertiary/aromatic N) is 1. The van der Waals surface area contributed by atoms with Crippen LogP contribution in [-0.4, -0.2) is 32.6 Å². The molecule has 0 atom stereocenters. The van der Waals surface area contributed by atoms with E-state index in [-0.39, 0.29) is 18.4 Å². The molecule has 0 spiro atoms. The molecule has 6 nitrogen and oxygen atoms in total. The van der Waals surface area contributed by atoms with Crippen LogP contribution in [0.2, 0.25) is 5.02 Å². The monoisotopic (exact) mass is 376 g/mol. The maximum Gasteiger partial charge on any atom is 0.244 e. The van der Waals surface area contributed by atoms with Gasteiger partial charge in [-0.15, -0.1) is 0 Å². The third-order valence-electron chi connectivity index (χ3n) is 3.74. The molecule has 0 saturated carbocycles. The topological polar surface area (TPSA) is 67.9 Å². The first-order valence-electron chi connectivity index (χ1n) is 7.92. The molecule has 1 N–H and O–H groups in total. The largest absolute Gasteiger partial charge is 0.495 e. The molecule has 0 aliphatic heterocycles. The molecule has 138 valence electrons. The van der Waals surface area contributed by atoms with E-state index >= 15 is 0 Å². The lowest BCUT2D eigenvalue weighted by molar-refractivity contribution is -0.120. The molecule has 0 aromatic heterocycles. The number of halogens is 1. The summed E-state index contributed by atoms with van der Waals surface area (Å²) in [6.45, 7) is 3.21. The Morgan fingerprint density at radius 1 is 1.12 bits per heavy atom. The molecule has 2 aromatic carbocycles. The van der Waals surface area contributed by atoms with E-state index in [1.165, 1.54) is 26.0 Å². The van der Waals surface area contributed by atoms with Crippen molar-refractivity contribution in [2.45, 2.75) is 13.8 Å². The zero-order valence-corrected chi connectivity index (χ0v) is 15.9. The van der Waals surface area contributed by atoms with Crippen molar-refractivity contribution in [1.82, 2.24) is 0 Å². The van der Waals surface area contributed by atoms with E-state index in [0.717, 1.165) is 5.56 Å². The molecule has 0 bridgehead atoms. The van der Waals surface area contributed by atoms with Crippen LogP contribution in [0.25, 0.3) is 0 Å².